The standard InChI is InChI=1S/C13H13F2N3O/c1-16-12-6-9(13(19)17-7-11(14)15)8-4-2-3-5-10(8)18-12/h2-6,11H,7H2,1H3,(H,16,18)(H,17,19). The van der Waals surface area contributed by atoms with Crippen LogP contribution in [0.2, 0.25) is 0 Å². The van der Waals surface area contributed by atoms with E-state index in [0.717, 1.165) is 0 Å². The summed E-state index contributed by atoms with van der Waals surface area (Å²) in [7, 11) is 1.68. The lowest BCUT2D eigenvalue weighted by Gasteiger charge is -2.09. The number of carbonyl (C=O) groups is 1. The van der Waals surface area contributed by atoms with Crippen LogP contribution in [0.1, 0.15) is 10.4 Å². The molecule has 100 valence electrons. The Bertz CT molecular complexity index is 601. The molecular weight excluding hydrogens is 252 g/mol. The quantitative estimate of drug-likeness (QED) is 0.891. The Kier molecular flexibility index (Phi) is 3.89. The second-order valence-electron chi connectivity index (χ2n) is 3.92. The molecule has 2 aromatic rings. The molecule has 0 saturated heterocycles. The number of halogens is 2. The average molecular weight is 265 g/mol. The van der Waals surface area contributed by atoms with Gasteiger partial charge in [-0.05, 0) is 12.1 Å². The largest absolute Gasteiger partial charge is 0.373 e. The van der Waals surface area contributed by atoms with Crippen molar-refractivity contribution in [3.05, 3.63) is 35.9 Å². The lowest BCUT2D eigenvalue weighted by atomic mass is 10.1. The first kappa shape index (κ1) is 13.2. The van der Waals surface area contributed by atoms with Gasteiger partial charge in [0, 0.05) is 12.4 Å². The minimum atomic E-state index is -2.57. The van der Waals surface area contributed by atoms with Gasteiger partial charge in [-0.2, -0.15) is 0 Å². The van der Waals surface area contributed by atoms with Crippen LogP contribution in [0.15, 0.2) is 30.3 Å². The third-order valence-corrected chi connectivity index (χ3v) is 2.63. The first-order chi connectivity index (χ1) is 9.11. The molecule has 0 aliphatic rings. The van der Waals surface area contributed by atoms with Crippen LogP contribution in [0.4, 0.5) is 14.6 Å². The summed E-state index contributed by atoms with van der Waals surface area (Å²) in [6.07, 6.45) is -2.57. The smallest absolute Gasteiger partial charge is 0.255 e. The number of rotatable bonds is 4. The Morgan fingerprint density at radius 2 is 2.11 bits per heavy atom. The molecule has 19 heavy (non-hydrogen) atoms. The Morgan fingerprint density at radius 3 is 2.79 bits per heavy atom. The number of carbonyl (C=O) groups excluding carboxylic acids is 1. The number of hydrogen-bond donors (Lipinski definition) is 2. The first-order valence-corrected chi connectivity index (χ1v) is 5.75. The van der Waals surface area contributed by atoms with Crippen molar-refractivity contribution in [3.63, 3.8) is 0 Å². The van der Waals surface area contributed by atoms with E-state index in [4.69, 9.17) is 0 Å². The molecule has 0 bridgehead atoms. The van der Waals surface area contributed by atoms with Crippen LogP contribution >= 0.6 is 0 Å². The zero-order chi connectivity index (χ0) is 13.8. The van der Waals surface area contributed by atoms with Gasteiger partial charge in [0.25, 0.3) is 12.3 Å². The normalized spacial score (nSPS) is 10.7. The molecule has 4 nitrogen and oxygen atoms in total. The van der Waals surface area contributed by atoms with Gasteiger partial charge in [-0.1, -0.05) is 18.2 Å². The Morgan fingerprint density at radius 1 is 1.37 bits per heavy atom. The van der Waals surface area contributed by atoms with Gasteiger partial charge in [-0.3, -0.25) is 4.79 Å². The van der Waals surface area contributed by atoms with Crippen molar-refractivity contribution in [2.75, 3.05) is 18.9 Å². The van der Waals surface area contributed by atoms with Gasteiger partial charge < -0.3 is 10.6 Å². The van der Waals surface area contributed by atoms with Crippen LogP contribution < -0.4 is 10.6 Å². The Balaban J connectivity index is 2.42. The maximum atomic E-state index is 12.1. The Labute approximate surface area is 108 Å². The molecule has 0 aliphatic carbocycles. The number of nitrogens with zero attached hydrogens (tertiary/aromatic N) is 1. The molecule has 6 heteroatoms. The van der Waals surface area contributed by atoms with Crippen LogP contribution in [-0.2, 0) is 0 Å². The second-order valence-corrected chi connectivity index (χ2v) is 3.92. The predicted molar refractivity (Wildman–Crippen MR) is 69.6 cm³/mol. The molecule has 2 rings (SSSR count). The van der Waals surface area contributed by atoms with Crippen molar-refractivity contribution in [1.82, 2.24) is 10.3 Å². The van der Waals surface area contributed by atoms with Crippen LogP contribution in [0, 0.1) is 0 Å². The van der Waals surface area contributed by atoms with Gasteiger partial charge in [0.05, 0.1) is 17.6 Å². The van der Waals surface area contributed by atoms with E-state index in [1.807, 2.05) is 0 Å². The van der Waals surface area contributed by atoms with Crippen LogP contribution in [0.3, 0.4) is 0 Å². The molecule has 0 unspecified atom stereocenters. The fourth-order valence-corrected chi connectivity index (χ4v) is 1.76. The van der Waals surface area contributed by atoms with Crippen molar-refractivity contribution in [3.8, 4) is 0 Å². The lowest BCUT2D eigenvalue weighted by molar-refractivity contribution is 0.0893. The molecule has 0 saturated carbocycles. The van der Waals surface area contributed by atoms with Crippen LogP contribution in [0.5, 0.6) is 0 Å². The van der Waals surface area contributed by atoms with E-state index in [1.165, 1.54) is 0 Å². The van der Waals surface area contributed by atoms with Crippen molar-refractivity contribution in [2.45, 2.75) is 6.43 Å². The minimum Gasteiger partial charge on any atom is -0.373 e. The predicted octanol–water partition coefficient (Wildman–Crippen LogP) is 2.27. The number of hydrogen-bond acceptors (Lipinski definition) is 3. The number of para-hydroxylation sites is 1. The fraction of sp³-hybridized carbons (Fsp3) is 0.231. The number of benzene rings is 1. The third kappa shape index (κ3) is 2.96. The van der Waals surface area contributed by atoms with Gasteiger partial charge in [-0.25, -0.2) is 13.8 Å². The summed E-state index contributed by atoms with van der Waals surface area (Å²) in [6, 6.07) is 8.62. The van der Waals surface area contributed by atoms with E-state index in [2.05, 4.69) is 15.6 Å². The molecule has 0 fully saturated rings. The molecule has 0 aliphatic heterocycles. The fourth-order valence-electron chi connectivity index (χ4n) is 1.76. The first-order valence-electron chi connectivity index (χ1n) is 5.75. The summed E-state index contributed by atoms with van der Waals surface area (Å²) in [5.74, 6) is -0.0173. The zero-order valence-electron chi connectivity index (χ0n) is 10.3. The molecule has 0 atom stereocenters. The summed E-state index contributed by atoms with van der Waals surface area (Å²) < 4.78 is 24.3. The van der Waals surface area contributed by atoms with Gasteiger partial charge in [0.2, 0.25) is 0 Å². The zero-order valence-corrected chi connectivity index (χ0v) is 10.3. The van der Waals surface area contributed by atoms with Crippen molar-refractivity contribution >= 4 is 22.6 Å². The number of alkyl halides is 2. The molecule has 1 aromatic heterocycles. The monoisotopic (exact) mass is 265 g/mol. The highest BCUT2D eigenvalue weighted by Crippen LogP contribution is 2.20. The highest BCUT2D eigenvalue weighted by molar-refractivity contribution is 6.06. The molecule has 1 heterocycles. The highest BCUT2D eigenvalue weighted by atomic mass is 19.3. The summed E-state index contributed by atoms with van der Waals surface area (Å²) in [6.45, 7) is -0.662. The SMILES string of the molecule is CNc1cc(C(=O)NCC(F)F)c2ccccc2n1. The molecule has 2 N–H and O–H groups in total. The van der Waals surface area contributed by atoms with E-state index in [-0.39, 0.29) is 0 Å². The molecule has 1 amide bonds. The van der Waals surface area contributed by atoms with Gasteiger partial charge >= 0.3 is 0 Å². The highest BCUT2D eigenvalue weighted by Gasteiger charge is 2.13. The van der Waals surface area contributed by atoms with E-state index in [9.17, 15) is 13.6 Å². The van der Waals surface area contributed by atoms with Crippen LogP contribution in [0.25, 0.3) is 10.9 Å². The maximum Gasteiger partial charge on any atom is 0.255 e. The molecular formula is C13H13F2N3O. The van der Waals surface area contributed by atoms with Crippen molar-refractivity contribution < 1.29 is 13.6 Å². The van der Waals surface area contributed by atoms with Gasteiger partial charge in [0.1, 0.15) is 5.82 Å². The summed E-state index contributed by atoms with van der Waals surface area (Å²) in [5.41, 5.74) is 0.965. The number of nitrogens with one attached hydrogen (secondary N) is 2. The lowest BCUT2D eigenvalue weighted by Crippen LogP contribution is -2.28. The third-order valence-electron chi connectivity index (χ3n) is 2.63. The second kappa shape index (κ2) is 5.60. The van der Waals surface area contributed by atoms with Crippen molar-refractivity contribution in [2.24, 2.45) is 0 Å². The number of anilines is 1. The van der Waals surface area contributed by atoms with Crippen LogP contribution in [-0.4, -0.2) is 30.9 Å². The topological polar surface area (TPSA) is 54.0 Å². The molecule has 0 radical (unpaired) electrons. The summed E-state index contributed by atoms with van der Waals surface area (Å²) >= 11 is 0. The van der Waals surface area contributed by atoms with Crippen molar-refractivity contribution in [1.29, 1.82) is 0 Å². The number of aromatic nitrogens is 1. The Hall–Kier alpha value is -2.24. The molecule has 1 aromatic carbocycles. The minimum absolute atomic E-state index is 0.329. The average Bonchev–Trinajstić information content (AvgIpc) is 2.43. The van der Waals surface area contributed by atoms with Gasteiger partial charge in [-0.15, -0.1) is 0 Å². The number of pyridine rings is 1. The van der Waals surface area contributed by atoms with E-state index in [0.29, 0.717) is 22.3 Å². The van der Waals surface area contributed by atoms with E-state index < -0.39 is 18.9 Å². The maximum absolute atomic E-state index is 12.1. The van der Waals surface area contributed by atoms with E-state index >= 15 is 0 Å². The van der Waals surface area contributed by atoms with E-state index in [1.54, 1.807) is 37.4 Å². The molecule has 0 spiro atoms. The number of amides is 1. The summed E-state index contributed by atoms with van der Waals surface area (Å²) in [4.78, 5) is 16.2. The van der Waals surface area contributed by atoms with Gasteiger partial charge in [0.15, 0.2) is 0 Å². The summed E-state index contributed by atoms with van der Waals surface area (Å²) in [5, 5.41) is 5.67. The number of fused-ring (bicyclic) bond motifs is 1.